The fourth-order valence-corrected chi connectivity index (χ4v) is 0.522. The second kappa shape index (κ2) is 2.14. The van der Waals surface area contributed by atoms with Crippen LogP contribution in [0, 0.1) is 11.9 Å². The Kier molecular flexibility index (Phi) is 1.49. The highest BCUT2D eigenvalue weighted by molar-refractivity contribution is 6.30. The Bertz CT molecular complexity index is 165. The zero-order valence-corrected chi connectivity index (χ0v) is 4.74. The van der Waals surface area contributed by atoms with Crippen LogP contribution in [0.1, 0.15) is 0 Å². The van der Waals surface area contributed by atoms with Gasteiger partial charge in [0.25, 0.3) is 0 Å². The quantitative estimate of drug-likeness (QED) is 0.504. The van der Waals surface area contributed by atoms with Crippen molar-refractivity contribution in [3.63, 3.8) is 0 Å². The minimum atomic E-state index is -0.422. The van der Waals surface area contributed by atoms with E-state index in [1.165, 1.54) is 6.07 Å². The van der Waals surface area contributed by atoms with E-state index in [0.717, 1.165) is 0 Å². The van der Waals surface area contributed by atoms with Gasteiger partial charge in [-0.3, -0.25) is 0 Å². The minimum Gasteiger partial charge on any atom is -0.205 e. The highest BCUT2D eigenvalue weighted by Crippen LogP contribution is 2.10. The lowest BCUT2D eigenvalue weighted by atomic mass is 10.4. The van der Waals surface area contributed by atoms with Crippen LogP contribution in [0.4, 0.5) is 4.39 Å². The van der Waals surface area contributed by atoms with E-state index in [2.05, 4.69) is 6.07 Å². The molecule has 0 heterocycles. The fourth-order valence-electron chi connectivity index (χ4n) is 0.396. The van der Waals surface area contributed by atoms with Crippen molar-refractivity contribution in [2.24, 2.45) is 0 Å². The van der Waals surface area contributed by atoms with Gasteiger partial charge >= 0.3 is 0 Å². The van der Waals surface area contributed by atoms with E-state index in [1.807, 2.05) is 0 Å². The van der Waals surface area contributed by atoms with Gasteiger partial charge < -0.3 is 0 Å². The first-order chi connectivity index (χ1) is 3.80. The van der Waals surface area contributed by atoms with Gasteiger partial charge in [-0.05, 0) is 6.07 Å². The molecule has 0 aliphatic carbocycles. The molecule has 0 saturated carbocycles. The SMILES string of the molecule is Fc1ccc[c]c1Cl. The second-order valence-corrected chi connectivity index (χ2v) is 1.71. The number of rotatable bonds is 0. The lowest BCUT2D eigenvalue weighted by Crippen LogP contribution is -1.71. The van der Waals surface area contributed by atoms with E-state index in [4.69, 9.17) is 11.6 Å². The van der Waals surface area contributed by atoms with Crippen LogP contribution in [-0.4, -0.2) is 0 Å². The summed E-state index contributed by atoms with van der Waals surface area (Å²) in [4.78, 5) is 0. The summed E-state index contributed by atoms with van der Waals surface area (Å²) < 4.78 is 12.2. The first-order valence-corrected chi connectivity index (χ1v) is 2.50. The number of hydrogen-bond donors (Lipinski definition) is 0. The molecule has 1 aromatic rings. The van der Waals surface area contributed by atoms with E-state index in [-0.39, 0.29) is 5.02 Å². The van der Waals surface area contributed by atoms with Crippen LogP contribution >= 0.6 is 11.6 Å². The van der Waals surface area contributed by atoms with Crippen molar-refractivity contribution in [2.45, 2.75) is 0 Å². The molecule has 0 spiro atoms. The highest BCUT2D eigenvalue weighted by Gasteiger charge is 1.92. The van der Waals surface area contributed by atoms with Crippen LogP contribution in [-0.2, 0) is 0 Å². The standard InChI is InChI=1S/C6H3ClF/c7-5-3-1-2-4-6(5)8/h1-2,4H. The molecule has 0 bridgehead atoms. The maximum atomic E-state index is 12.2. The van der Waals surface area contributed by atoms with Crippen LogP contribution in [0.15, 0.2) is 18.2 Å². The van der Waals surface area contributed by atoms with Gasteiger partial charge in [-0.15, -0.1) is 0 Å². The third kappa shape index (κ3) is 0.984. The van der Waals surface area contributed by atoms with Crippen LogP contribution in [0.3, 0.4) is 0 Å². The molecule has 0 nitrogen and oxygen atoms in total. The van der Waals surface area contributed by atoms with Crippen molar-refractivity contribution in [1.29, 1.82) is 0 Å². The zero-order chi connectivity index (χ0) is 5.98. The lowest BCUT2D eigenvalue weighted by Gasteiger charge is -1.86. The Hall–Kier alpha value is -0.560. The molecule has 1 rings (SSSR count). The minimum absolute atomic E-state index is 0.0486. The molecule has 41 valence electrons. The molecule has 0 saturated heterocycles. The van der Waals surface area contributed by atoms with Crippen LogP contribution in [0.2, 0.25) is 5.02 Å². The Balaban J connectivity index is 3.13. The van der Waals surface area contributed by atoms with Gasteiger partial charge in [0, 0.05) is 6.07 Å². The van der Waals surface area contributed by atoms with Gasteiger partial charge in [0.1, 0.15) is 5.82 Å². The molecule has 0 atom stereocenters. The summed E-state index contributed by atoms with van der Waals surface area (Å²) in [6.45, 7) is 0. The summed E-state index contributed by atoms with van der Waals surface area (Å²) in [5.41, 5.74) is 0. The van der Waals surface area contributed by atoms with Gasteiger partial charge in [-0.2, -0.15) is 0 Å². The van der Waals surface area contributed by atoms with E-state index < -0.39 is 5.82 Å². The molecule has 0 fully saturated rings. The number of benzene rings is 1. The van der Waals surface area contributed by atoms with Gasteiger partial charge in [-0.1, -0.05) is 23.7 Å². The van der Waals surface area contributed by atoms with Gasteiger partial charge in [0.05, 0.1) is 5.02 Å². The first-order valence-electron chi connectivity index (χ1n) is 2.12. The smallest absolute Gasteiger partial charge is 0.142 e. The predicted molar refractivity (Wildman–Crippen MR) is 30.2 cm³/mol. The molecule has 0 aliphatic heterocycles. The monoisotopic (exact) mass is 129 g/mol. The molecule has 1 aromatic carbocycles. The molecule has 0 aromatic heterocycles. The van der Waals surface area contributed by atoms with E-state index in [0.29, 0.717) is 0 Å². The molecule has 2 heteroatoms. The van der Waals surface area contributed by atoms with E-state index in [1.54, 1.807) is 12.1 Å². The summed E-state index contributed by atoms with van der Waals surface area (Å²) >= 11 is 5.28. The number of halogens is 2. The molecule has 8 heavy (non-hydrogen) atoms. The van der Waals surface area contributed by atoms with Gasteiger partial charge in [0.15, 0.2) is 0 Å². The van der Waals surface area contributed by atoms with Crippen molar-refractivity contribution < 1.29 is 4.39 Å². The lowest BCUT2D eigenvalue weighted by molar-refractivity contribution is 0.628. The molecule has 0 amide bonds. The molecule has 1 radical (unpaired) electrons. The third-order valence-corrected chi connectivity index (χ3v) is 1.05. The Morgan fingerprint density at radius 1 is 1.62 bits per heavy atom. The van der Waals surface area contributed by atoms with Gasteiger partial charge in [-0.25, -0.2) is 4.39 Å². The predicted octanol–water partition coefficient (Wildman–Crippen LogP) is 2.28. The van der Waals surface area contributed by atoms with Crippen LogP contribution in [0.25, 0.3) is 0 Å². The van der Waals surface area contributed by atoms with Crippen molar-refractivity contribution >= 4 is 11.6 Å². The summed E-state index contributed by atoms with van der Waals surface area (Å²) in [5, 5.41) is 0.0486. The zero-order valence-electron chi connectivity index (χ0n) is 3.99. The first kappa shape index (κ1) is 5.57. The van der Waals surface area contributed by atoms with Crippen molar-refractivity contribution in [1.82, 2.24) is 0 Å². The summed E-state index contributed by atoms with van der Waals surface area (Å²) in [5.74, 6) is -0.422. The topological polar surface area (TPSA) is 0 Å². The van der Waals surface area contributed by atoms with Crippen molar-refractivity contribution in [2.75, 3.05) is 0 Å². The normalized spacial score (nSPS) is 9.25. The molecule has 0 aliphatic rings. The summed E-state index contributed by atoms with van der Waals surface area (Å²) in [7, 11) is 0. The van der Waals surface area contributed by atoms with E-state index in [9.17, 15) is 4.39 Å². The number of hydrogen-bond acceptors (Lipinski definition) is 0. The Morgan fingerprint density at radius 3 is 2.75 bits per heavy atom. The van der Waals surface area contributed by atoms with Crippen LogP contribution < -0.4 is 0 Å². The van der Waals surface area contributed by atoms with Crippen molar-refractivity contribution in [3.05, 3.63) is 35.1 Å². The maximum absolute atomic E-state index is 12.2. The van der Waals surface area contributed by atoms with Crippen molar-refractivity contribution in [3.8, 4) is 0 Å². The molecule has 0 unspecified atom stereocenters. The largest absolute Gasteiger partial charge is 0.205 e. The highest BCUT2D eigenvalue weighted by atomic mass is 35.5. The third-order valence-electron chi connectivity index (χ3n) is 0.759. The average Bonchev–Trinajstić information content (AvgIpc) is 1.77. The second-order valence-electron chi connectivity index (χ2n) is 1.33. The Morgan fingerprint density at radius 2 is 2.38 bits per heavy atom. The fraction of sp³-hybridized carbons (Fsp3) is 0. The molecule has 0 N–H and O–H groups in total. The van der Waals surface area contributed by atoms with Gasteiger partial charge in [0.2, 0.25) is 0 Å². The van der Waals surface area contributed by atoms with E-state index >= 15 is 0 Å². The molecular weight excluding hydrogens is 127 g/mol. The Labute approximate surface area is 51.9 Å². The maximum Gasteiger partial charge on any atom is 0.142 e. The molecular formula is C6H3ClF. The van der Waals surface area contributed by atoms with Crippen LogP contribution in [0.5, 0.6) is 0 Å². The summed E-state index contributed by atoms with van der Waals surface area (Å²) in [6.07, 6.45) is 0. The average molecular weight is 130 g/mol. The summed E-state index contributed by atoms with van der Waals surface area (Å²) in [6, 6.07) is 6.88.